The van der Waals surface area contributed by atoms with E-state index in [1.807, 2.05) is 19.2 Å². The van der Waals surface area contributed by atoms with Gasteiger partial charge in [-0.2, -0.15) is 0 Å². The second-order valence-electron chi connectivity index (χ2n) is 5.95. The molecule has 2 N–H and O–H groups in total. The van der Waals surface area contributed by atoms with Gasteiger partial charge in [0.15, 0.2) is 0 Å². The van der Waals surface area contributed by atoms with Gasteiger partial charge in [0.05, 0.1) is 6.04 Å². The normalized spacial score (nSPS) is 26.7. The summed E-state index contributed by atoms with van der Waals surface area (Å²) in [4.78, 5) is 12.0. The van der Waals surface area contributed by atoms with E-state index in [4.69, 9.17) is 0 Å². The molecule has 1 aromatic rings. The second kappa shape index (κ2) is 6.40. The SMILES string of the molecule is CCCCC1(c2cccc(O)c2)CCC(=O)C(NC)C1. The zero-order valence-electron chi connectivity index (χ0n) is 12.5. The average Bonchev–Trinajstić information content (AvgIpc) is 2.47. The molecule has 3 nitrogen and oxygen atoms in total. The number of ketones is 1. The lowest BCUT2D eigenvalue weighted by molar-refractivity contribution is -0.123. The van der Waals surface area contributed by atoms with Gasteiger partial charge >= 0.3 is 0 Å². The number of Topliss-reactive ketones (excluding diaryl/α,β-unsaturated/α-hetero) is 1. The smallest absolute Gasteiger partial charge is 0.149 e. The van der Waals surface area contributed by atoms with Crippen LogP contribution in [0.25, 0.3) is 0 Å². The van der Waals surface area contributed by atoms with E-state index in [1.54, 1.807) is 6.07 Å². The summed E-state index contributed by atoms with van der Waals surface area (Å²) in [6, 6.07) is 7.53. The number of aromatic hydroxyl groups is 1. The first-order chi connectivity index (χ1) is 9.61. The van der Waals surface area contributed by atoms with E-state index in [0.717, 1.165) is 32.1 Å². The summed E-state index contributed by atoms with van der Waals surface area (Å²) >= 11 is 0. The Balaban J connectivity index is 2.33. The van der Waals surface area contributed by atoms with Crippen LogP contribution in [-0.4, -0.2) is 24.0 Å². The molecule has 20 heavy (non-hydrogen) atoms. The lowest BCUT2D eigenvalue weighted by Crippen LogP contribution is -2.46. The van der Waals surface area contributed by atoms with Crippen LogP contribution in [-0.2, 0) is 10.2 Å². The van der Waals surface area contributed by atoms with Crippen molar-refractivity contribution in [1.82, 2.24) is 5.32 Å². The van der Waals surface area contributed by atoms with Crippen LogP contribution < -0.4 is 5.32 Å². The Labute approximate surface area is 121 Å². The van der Waals surface area contributed by atoms with Crippen LogP contribution in [0, 0.1) is 0 Å². The van der Waals surface area contributed by atoms with Gasteiger partial charge in [-0.1, -0.05) is 31.9 Å². The second-order valence-corrected chi connectivity index (χ2v) is 5.95. The van der Waals surface area contributed by atoms with Crippen LogP contribution in [0.3, 0.4) is 0 Å². The summed E-state index contributed by atoms with van der Waals surface area (Å²) < 4.78 is 0. The summed E-state index contributed by atoms with van der Waals surface area (Å²) in [5, 5.41) is 12.9. The van der Waals surface area contributed by atoms with Gasteiger partial charge in [-0.3, -0.25) is 4.79 Å². The number of hydrogen-bond donors (Lipinski definition) is 2. The molecule has 2 atom stereocenters. The Hall–Kier alpha value is -1.35. The van der Waals surface area contributed by atoms with Crippen molar-refractivity contribution < 1.29 is 9.90 Å². The molecule has 0 heterocycles. The average molecular weight is 275 g/mol. The summed E-state index contributed by atoms with van der Waals surface area (Å²) in [6.45, 7) is 2.19. The Bertz CT molecular complexity index is 472. The van der Waals surface area contributed by atoms with Crippen LogP contribution in [0.4, 0.5) is 0 Å². The lowest BCUT2D eigenvalue weighted by Gasteiger charge is -2.41. The maximum absolute atomic E-state index is 12.0. The number of carbonyl (C=O) groups excluding carboxylic acids is 1. The minimum atomic E-state index is -0.0528. The highest BCUT2D eigenvalue weighted by atomic mass is 16.3. The van der Waals surface area contributed by atoms with E-state index < -0.39 is 0 Å². The number of unbranched alkanes of at least 4 members (excludes halogenated alkanes) is 1. The first-order valence-corrected chi connectivity index (χ1v) is 7.61. The number of phenolic OH excluding ortho intramolecular Hbond substituents is 1. The molecule has 0 spiro atoms. The maximum atomic E-state index is 12.0. The number of nitrogens with one attached hydrogen (secondary N) is 1. The molecular weight excluding hydrogens is 250 g/mol. The van der Waals surface area contributed by atoms with Gasteiger partial charge < -0.3 is 10.4 Å². The van der Waals surface area contributed by atoms with Crippen molar-refractivity contribution >= 4 is 5.78 Å². The van der Waals surface area contributed by atoms with E-state index in [1.165, 1.54) is 5.56 Å². The highest BCUT2D eigenvalue weighted by Crippen LogP contribution is 2.43. The van der Waals surface area contributed by atoms with Crippen LogP contribution in [0.15, 0.2) is 24.3 Å². The molecule has 0 radical (unpaired) electrons. The first kappa shape index (κ1) is 15.0. The van der Waals surface area contributed by atoms with Crippen molar-refractivity contribution in [3.8, 4) is 5.75 Å². The molecule has 0 amide bonds. The van der Waals surface area contributed by atoms with Crippen LogP contribution in [0.5, 0.6) is 5.75 Å². The van der Waals surface area contributed by atoms with Gasteiger partial charge in [0.2, 0.25) is 0 Å². The Morgan fingerprint density at radius 3 is 2.90 bits per heavy atom. The number of likely N-dealkylation sites (N-methyl/N-ethyl adjacent to an activating group) is 1. The van der Waals surface area contributed by atoms with Crippen molar-refractivity contribution in [3.05, 3.63) is 29.8 Å². The predicted molar refractivity (Wildman–Crippen MR) is 81.0 cm³/mol. The third kappa shape index (κ3) is 3.04. The maximum Gasteiger partial charge on any atom is 0.149 e. The molecule has 0 bridgehead atoms. The largest absolute Gasteiger partial charge is 0.508 e. The molecule has 2 rings (SSSR count). The third-order valence-corrected chi connectivity index (χ3v) is 4.65. The molecule has 110 valence electrons. The highest BCUT2D eigenvalue weighted by Gasteiger charge is 2.40. The molecule has 0 saturated heterocycles. The number of benzene rings is 1. The van der Waals surface area contributed by atoms with Gasteiger partial charge in [0, 0.05) is 6.42 Å². The van der Waals surface area contributed by atoms with Gasteiger partial charge in [0.25, 0.3) is 0 Å². The number of rotatable bonds is 5. The molecule has 1 aliphatic rings. The van der Waals surface area contributed by atoms with Crippen molar-refractivity contribution in [2.45, 2.75) is 56.9 Å². The number of hydrogen-bond acceptors (Lipinski definition) is 3. The zero-order chi connectivity index (χ0) is 14.6. The van der Waals surface area contributed by atoms with Crippen LogP contribution in [0.1, 0.15) is 51.0 Å². The monoisotopic (exact) mass is 275 g/mol. The van der Waals surface area contributed by atoms with E-state index in [9.17, 15) is 9.90 Å². The van der Waals surface area contributed by atoms with E-state index in [0.29, 0.717) is 18.0 Å². The van der Waals surface area contributed by atoms with Crippen LogP contribution in [0.2, 0.25) is 0 Å². The quantitative estimate of drug-likeness (QED) is 0.868. The highest BCUT2D eigenvalue weighted by molar-refractivity contribution is 5.85. The molecular formula is C17H25NO2. The predicted octanol–water partition coefficient (Wildman–Crippen LogP) is 3.16. The fourth-order valence-electron chi connectivity index (χ4n) is 3.39. The van der Waals surface area contributed by atoms with Crippen molar-refractivity contribution in [2.75, 3.05) is 7.05 Å². The standard InChI is InChI=1S/C17H25NO2/c1-3-4-9-17(13-6-5-7-14(19)11-13)10-8-16(20)15(12-17)18-2/h5-7,11,15,18-19H,3-4,8-10,12H2,1-2H3. The van der Waals surface area contributed by atoms with Crippen LogP contribution >= 0.6 is 0 Å². The molecule has 2 unspecified atom stereocenters. The molecule has 1 saturated carbocycles. The number of phenols is 1. The van der Waals surface area contributed by atoms with Crippen molar-refractivity contribution in [1.29, 1.82) is 0 Å². The van der Waals surface area contributed by atoms with Crippen molar-refractivity contribution in [3.63, 3.8) is 0 Å². The summed E-state index contributed by atoms with van der Waals surface area (Å²) in [7, 11) is 1.86. The van der Waals surface area contributed by atoms with Crippen molar-refractivity contribution in [2.24, 2.45) is 0 Å². The summed E-state index contributed by atoms with van der Waals surface area (Å²) in [5.41, 5.74) is 1.20. The molecule has 1 fully saturated rings. The molecule has 3 heteroatoms. The van der Waals surface area contributed by atoms with E-state index >= 15 is 0 Å². The Kier molecular flexibility index (Phi) is 4.81. The lowest BCUT2D eigenvalue weighted by atomic mass is 9.65. The minimum Gasteiger partial charge on any atom is -0.508 e. The first-order valence-electron chi connectivity index (χ1n) is 7.61. The molecule has 1 aliphatic carbocycles. The fourth-order valence-corrected chi connectivity index (χ4v) is 3.39. The number of carbonyl (C=O) groups is 1. The van der Waals surface area contributed by atoms with Gasteiger partial charge in [-0.25, -0.2) is 0 Å². The minimum absolute atomic E-state index is 0.0241. The molecule has 0 aromatic heterocycles. The third-order valence-electron chi connectivity index (χ3n) is 4.65. The molecule has 0 aliphatic heterocycles. The summed E-state index contributed by atoms with van der Waals surface area (Å²) in [5.74, 6) is 0.635. The zero-order valence-corrected chi connectivity index (χ0v) is 12.5. The fraction of sp³-hybridized carbons (Fsp3) is 0.588. The van der Waals surface area contributed by atoms with E-state index in [-0.39, 0.29) is 11.5 Å². The Morgan fingerprint density at radius 1 is 1.45 bits per heavy atom. The van der Waals surface area contributed by atoms with Gasteiger partial charge in [-0.05, 0) is 49.4 Å². The van der Waals surface area contributed by atoms with E-state index in [2.05, 4.69) is 18.3 Å². The van der Waals surface area contributed by atoms with Gasteiger partial charge in [0.1, 0.15) is 11.5 Å². The molecule has 1 aromatic carbocycles. The Morgan fingerprint density at radius 2 is 2.25 bits per heavy atom. The summed E-state index contributed by atoms with van der Waals surface area (Å²) in [6.07, 6.45) is 5.75. The van der Waals surface area contributed by atoms with Gasteiger partial charge in [-0.15, -0.1) is 0 Å². The topological polar surface area (TPSA) is 49.3 Å².